The Balaban J connectivity index is 1.63. The highest BCUT2D eigenvalue weighted by Crippen LogP contribution is 2.74. The molecular formula is C38H69N3O5. The molecule has 266 valence electrons. The van der Waals surface area contributed by atoms with Gasteiger partial charge in [-0.1, -0.05) is 54.4 Å². The van der Waals surface area contributed by atoms with Crippen molar-refractivity contribution in [3.8, 4) is 0 Å². The van der Waals surface area contributed by atoms with E-state index in [1.807, 2.05) is 0 Å². The Morgan fingerprint density at radius 3 is 2.33 bits per heavy atom. The Kier molecular flexibility index (Phi) is 12.4. The zero-order valence-electron chi connectivity index (χ0n) is 30.5. The van der Waals surface area contributed by atoms with Gasteiger partial charge >= 0.3 is 5.97 Å². The van der Waals surface area contributed by atoms with E-state index in [9.17, 15) is 19.8 Å². The Labute approximate surface area is 280 Å². The van der Waals surface area contributed by atoms with Crippen LogP contribution in [-0.2, 0) is 14.3 Å². The zero-order chi connectivity index (χ0) is 34.0. The molecule has 0 unspecified atom stereocenters. The molecule has 0 aromatic rings. The van der Waals surface area contributed by atoms with Crippen LogP contribution in [0, 0.1) is 57.7 Å². The summed E-state index contributed by atoms with van der Waals surface area (Å²) in [6, 6.07) is 0. The van der Waals surface area contributed by atoms with Gasteiger partial charge in [-0.2, -0.15) is 0 Å². The number of nitrogens with zero attached hydrogens (tertiary/aromatic N) is 1. The lowest BCUT2D eigenvalue weighted by molar-refractivity contribution is -0.239. The van der Waals surface area contributed by atoms with Crippen molar-refractivity contribution in [1.82, 2.24) is 10.2 Å². The lowest BCUT2D eigenvalue weighted by Crippen LogP contribution is -2.66. The summed E-state index contributed by atoms with van der Waals surface area (Å²) >= 11 is 0. The third kappa shape index (κ3) is 7.21. The largest absolute Gasteiger partial charge is 0.462 e. The third-order valence-corrected chi connectivity index (χ3v) is 14.1. The molecule has 4 saturated carbocycles. The van der Waals surface area contributed by atoms with Crippen molar-refractivity contribution in [2.24, 2.45) is 63.4 Å². The topological polar surface area (TPSA) is 125 Å². The summed E-state index contributed by atoms with van der Waals surface area (Å²) in [4.78, 5) is 29.1. The molecule has 0 aromatic carbocycles. The monoisotopic (exact) mass is 648 g/mol. The van der Waals surface area contributed by atoms with E-state index in [4.69, 9.17) is 10.5 Å². The summed E-state index contributed by atoms with van der Waals surface area (Å²) in [5.74, 6) is 0.740. The molecule has 4 aliphatic rings. The number of esters is 1. The summed E-state index contributed by atoms with van der Waals surface area (Å²) < 4.78 is 6.21. The van der Waals surface area contributed by atoms with Crippen molar-refractivity contribution < 1.29 is 24.5 Å². The minimum absolute atomic E-state index is 0.0561. The van der Waals surface area contributed by atoms with Crippen LogP contribution in [0.1, 0.15) is 119 Å². The van der Waals surface area contributed by atoms with E-state index >= 15 is 0 Å². The van der Waals surface area contributed by atoms with Crippen LogP contribution in [-0.4, -0.2) is 78.5 Å². The van der Waals surface area contributed by atoms with Gasteiger partial charge in [-0.25, -0.2) is 0 Å². The van der Waals surface area contributed by atoms with Crippen molar-refractivity contribution in [1.29, 1.82) is 0 Å². The molecule has 5 N–H and O–H groups in total. The lowest BCUT2D eigenvalue weighted by atomic mass is 9.36. The lowest BCUT2D eigenvalue weighted by Gasteiger charge is -2.69. The van der Waals surface area contributed by atoms with Crippen LogP contribution < -0.4 is 11.1 Å². The fourth-order valence-corrected chi connectivity index (χ4v) is 11.7. The second-order valence-electron chi connectivity index (χ2n) is 17.3. The van der Waals surface area contributed by atoms with E-state index in [1.54, 1.807) is 0 Å². The fourth-order valence-electron chi connectivity index (χ4n) is 11.7. The van der Waals surface area contributed by atoms with Crippen LogP contribution in [0.2, 0.25) is 0 Å². The molecule has 46 heavy (non-hydrogen) atoms. The number of aliphatic hydroxyl groups is 2. The summed E-state index contributed by atoms with van der Waals surface area (Å²) in [5, 5.41) is 26.4. The molecule has 0 aromatic heterocycles. The highest BCUT2D eigenvalue weighted by molar-refractivity contribution is 5.79. The second kappa shape index (κ2) is 15.1. The van der Waals surface area contributed by atoms with Gasteiger partial charge in [0.1, 0.15) is 6.10 Å². The first-order chi connectivity index (χ1) is 21.6. The number of carbonyl (C=O) groups excluding carboxylic acids is 2. The molecule has 4 aliphatic carbocycles. The van der Waals surface area contributed by atoms with Gasteiger partial charge in [0.2, 0.25) is 5.91 Å². The second-order valence-corrected chi connectivity index (χ2v) is 17.3. The molecule has 1 amide bonds. The van der Waals surface area contributed by atoms with Gasteiger partial charge < -0.3 is 30.9 Å². The van der Waals surface area contributed by atoms with Crippen LogP contribution in [0.5, 0.6) is 0 Å². The number of amides is 1. The Hall–Kier alpha value is -1.22. The number of hydrogen-bond acceptors (Lipinski definition) is 7. The summed E-state index contributed by atoms with van der Waals surface area (Å²) in [7, 11) is 2.10. The Bertz CT molecular complexity index is 1040. The SMILES string of the molecule is CC(=O)O[C@H]1C[C@@]2(C)[C@@H](C[C@@H](O)[C@H]3[C@@]4(C)CC[C@@H](O)[C@@H](C)[C@@H]4CC[C@@]32C)[C@@H]1[C@H](CCCC(C)C)C(=O)NCCCN(C)CCCN. The van der Waals surface area contributed by atoms with Crippen molar-refractivity contribution in [2.45, 2.75) is 137 Å². The molecule has 8 nitrogen and oxygen atoms in total. The fraction of sp³-hybridized carbons (Fsp3) is 0.947. The molecule has 0 saturated heterocycles. The molecule has 0 radical (unpaired) electrons. The highest BCUT2D eigenvalue weighted by Gasteiger charge is 2.72. The van der Waals surface area contributed by atoms with Gasteiger partial charge in [-0.15, -0.1) is 0 Å². The predicted molar refractivity (Wildman–Crippen MR) is 184 cm³/mol. The standard InChI is InChI=1S/C38H69N3O5/c1-24(2)12-9-13-27(35(45)40-19-11-21-41(8)20-10-18-39)33-29-22-31(44)34-36(5)16-15-30(43)25(3)28(36)14-17-37(34,6)38(29,7)23-32(33)46-26(4)42/h24-25,27-34,43-44H,9-23,39H2,1-8H3,(H,40,45)/t25-,27-,28-,29-,30+,31+,32-,33-,34-,36-,37-,38-/m0/s1. The van der Waals surface area contributed by atoms with Crippen LogP contribution in [0.3, 0.4) is 0 Å². The first kappa shape index (κ1) is 37.6. The van der Waals surface area contributed by atoms with E-state index < -0.39 is 6.10 Å². The van der Waals surface area contributed by atoms with E-state index in [1.165, 1.54) is 6.92 Å². The molecule has 0 heterocycles. The maximum absolute atomic E-state index is 14.2. The van der Waals surface area contributed by atoms with Gasteiger partial charge in [0.25, 0.3) is 0 Å². The summed E-state index contributed by atoms with van der Waals surface area (Å²) in [6.45, 7) is 18.5. The van der Waals surface area contributed by atoms with E-state index in [0.717, 1.165) is 77.3 Å². The van der Waals surface area contributed by atoms with Gasteiger partial charge in [-0.05, 0) is 130 Å². The number of aliphatic hydroxyl groups excluding tert-OH is 2. The number of ether oxygens (including phenoxy) is 1. The number of carbonyl (C=O) groups is 2. The van der Waals surface area contributed by atoms with Crippen molar-refractivity contribution in [3.63, 3.8) is 0 Å². The van der Waals surface area contributed by atoms with Gasteiger partial charge in [0, 0.05) is 25.3 Å². The number of rotatable bonds is 14. The average Bonchev–Trinajstić information content (AvgIpc) is 3.25. The van der Waals surface area contributed by atoms with Crippen molar-refractivity contribution in [2.75, 3.05) is 33.2 Å². The summed E-state index contributed by atoms with van der Waals surface area (Å²) in [6.07, 6.45) is 8.62. The van der Waals surface area contributed by atoms with Gasteiger partial charge in [0.15, 0.2) is 0 Å². The van der Waals surface area contributed by atoms with Gasteiger partial charge in [-0.3, -0.25) is 9.59 Å². The van der Waals surface area contributed by atoms with E-state index in [-0.39, 0.29) is 69.9 Å². The number of hydrogen-bond donors (Lipinski definition) is 4. The van der Waals surface area contributed by atoms with Gasteiger partial charge in [0.05, 0.1) is 12.2 Å². The smallest absolute Gasteiger partial charge is 0.302 e. The molecule has 0 spiro atoms. The minimum atomic E-state index is -0.486. The normalized spacial score (nSPS) is 41.1. The number of nitrogens with two attached hydrogens (primary N) is 1. The molecule has 0 bridgehead atoms. The Morgan fingerprint density at radius 2 is 1.67 bits per heavy atom. The van der Waals surface area contributed by atoms with Crippen LogP contribution in [0.15, 0.2) is 0 Å². The van der Waals surface area contributed by atoms with Crippen LogP contribution in [0.4, 0.5) is 0 Å². The zero-order valence-corrected chi connectivity index (χ0v) is 30.5. The van der Waals surface area contributed by atoms with Crippen molar-refractivity contribution >= 4 is 11.9 Å². The minimum Gasteiger partial charge on any atom is -0.462 e. The quantitative estimate of drug-likeness (QED) is 0.147. The van der Waals surface area contributed by atoms with E-state index in [2.05, 4.69) is 58.8 Å². The maximum Gasteiger partial charge on any atom is 0.302 e. The number of fused-ring (bicyclic) bond motifs is 5. The third-order valence-electron chi connectivity index (χ3n) is 14.1. The van der Waals surface area contributed by atoms with Crippen molar-refractivity contribution in [3.05, 3.63) is 0 Å². The average molecular weight is 648 g/mol. The summed E-state index contributed by atoms with van der Waals surface area (Å²) in [5.41, 5.74) is 5.28. The molecular weight excluding hydrogens is 578 g/mol. The first-order valence-corrected chi connectivity index (χ1v) is 18.8. The molecule has 12 atom stereocenters. The molecule has 0 aliphatic heterocycles. The number of nitrogens with one attached hydrogen (secondary N) is 1. The molecule has 8 heteroatoms. The Morgan fingerprint density at radius 1 is 0.978 bits per heavy atom. The maximum atomic E-state index is 14.2. The predicted octanol–water partition coefficient (Wildman–Crippen LogP) is 5.38. The van der Waals surface area contributed by atoms with E-state index in [0.29, 0.717) is 31.3 Å². The molecule has 4 fully saturated rings. The highest BCUT2D eigenvalue weighted by atomic mass is 16.5. The van der Waals surface area contributed by atoms with Crippen LogP contribution >= 0.6 is 0 Å². The first-order valence-electron chi connectivity index (χ1n) is 18.8. The van der Waals surface area contributed by atoms with Crippen LogP contribution in [0.25, 0.3) is 0 Å². The molecule has 4 rings (SSSR count).